The molecule has 3 atom stereocenters. The van der Waals surface area contributed by atoms with Crippen LogP contribution in [-0.4, -0.2) is 59.8 Å². The largest absolute Gasteiger partial charge is 0.490 e. The maximum absolute atomic E-state index is 13.3. The number of carboxylic acid groups (broad SMARTS) is 1. The first-order chi connectivity index (χ1) is 16.2. The van der Waals surface area contributed by atoms with Gasteiger partial charge in [-0.1, -0.05) is 6.07 Å². The second-order valence-electron chi connectivity index (χ2n) is 8.93. The van der Waals surface area contributed by atoms with Gasteiger partial charge in [0.05, 0.1) is 24.1 Å². The maximum atomic E-state index is 13.3. The Kier molecular flexibility index (Phi) is 6.74. The van der Waals surface area contributed by atoms with Gasteiger partial charge in [0, 0.05) is 18.4 Å². The molecule has 3 N–H and O–H groups in total. The number of aryl methyl sites for hydroxylation is 2. The molecule has 1 fully saturated rings. The molecule has 0 saturated carbocycles. The zero-order valence-electron chi connectivity index (χ0n) is 19.5. The Bertz CT molecular complexity index is 1100. The summed E-state index contributed by atoms with van der Waals surface area (Å²) in [5.74, 6) is -0.769. The standard InChI is InChI=1S/C25H29N3O6/c1-14-8-15(2)10-17(9-14)27-25(32)26-16-4-7-21-19(11-16)24(31)28(3)20-6-5-18(12-23(29)30)34-22(20)13-33-21/h4,7-11,18,20,22H,5-6,12-13H2,1-3H3,(H,29,30)(H2,26,27,32)/t18-,20-,22+/m1/s1. The Hall–Kier alpha value is -3.59. The van der Waals surface area contributed by atoms with E-state index < -0.39 is 24.2 Å². The highest BCUT2D eigenvalue weighted by atomic mass is 16.5. The van der Waals surface area contributed by atoms with Crippen molar-refractivity contribution in [1.29, 1.82) is 0 Å². The molecule has 0 spiro atoms. The third-order valence-corrected chi connectivity index (χ3v) is 6.15. The van der Waals surface area contributed by atoms with Gasteiger partial charge in [-0.15, -0.1) is 0 Å². The van der Waals surface area contributed by atoms with E-state index in [9.17, 15) is 14.4 Å². The molecule has 0 aliphatic carbocycles. The number of hydrogen-bond donors (Lipinski definition) is 3. The summed E-state index contributed by atoms with van der Waals surface area (Å²) in [7, 11) is 1.71. The normalized spacial score (nSPS) is 21.9. The quantitative estimate of drug-likeness (QED) is 0.630. The summed E-state index contributed by atoms with van der Waals surface area (Å²) in [6, 6.07) is 10.1. The lowest BCUT2D eigenvalue weighted by atomic mass is 9.94. The third kappa shape index (κ3) is 5.31. The molecule has 9 nitrogen and oxygen atoms in total. The second kappa shape index (κ2) is 9.72. The van der Waals surface area contributed by atoms with E-state index in [1.54, 1.807) is 30.1 Å². The van der Waals surface area contributed by atoms with Crippen molar-refractivity contribution in [2.24, 2.45) is 0 Å². The third-order valence-electron chi connectivity index (χ3n) is 6.15. The van der Waals surface area contributed by atoms with E-state index in [0.717, 1.165) is 11.1 Å². The number of carbonyl (C=O) groups excluding carboxylic acids is 2. The Morgan fingerprint density at radius 1 is 1.06 bits per heavy atom. The molecular weight excluding hydrogens is 438 g/mol. The number of aliphatic carboxylic acids is 1. The fourth-order valence-electron chi connectivity index (χ4n) is 4.64. The van der Waals surface area contributed by atoms with E-state index in [1.807, 2.05) is 32.0 Å². The monoisotopic (exact) mass is 467 g/mol. The number of benzene rings is 2. The van der Waals surface area contributed by atoms with Gasteiger partial charge in [0.15, 0.2) is 0 Å². The van der Waals surface area contributed by atoms with Crippen molar-refractivity contribution < 1.29 is 29.0 Å². The number of ether oxygens (including phenoxy) is 2. The smallest absolute Gasteiger partial charge is 0.323 e. The Balaban J connectivity index is 1.48. The maximum Gasteiger partial charge on any atom is 0.323 e. The molecule has 2 aromatic rings. The molecule has 0 unspecified atom stereocenters. The predicted octanol–water partition coefficient (Wildman–Crippen LogP) is 3.80. The van der Waals surface area contributed by atoms with Gasteiger partial charge in [-0.05, 0) is 68.1 Å². The van der Waals surface area contributed by atoms with Gasteiger partial charge in [0.25, 0.3) is 5.91 Å². The van der Waals surface area contributed by atoms with Gasteiger partial charge in [-0.3, -0.25) is 9.59 Å². The fraction of sp³-hybridized carbons (Fsp3) is 0.400. The Morgan fingerprint density at radius 2 is 1.76 bits per heavy atom. The van der Waals surface area contributed by atoms with Crippen LogP contribution in [0.25, 0.3) is 0 Å². The first-order valence-corrected chi connectivity index (χ1v) is 11.3. The fourth-order valence-corrected chi connectivity index (χ4v) is 4.64. The molecule has 9 heteroatoms. The van der Waals surface area contributed by atoms with E-state index >= 15 is 0 Å². The van der Waals surface area contributed by atoms with Gasteiger partial charge < -0.3 is 30.1 Å². The zero-order valence-corrected chi connectivity index (χ0v) is 19.5. The molecule has 1 saturated heterocycles. The summed E-state index contributed by atoms with van der Waals surface area (Å²) in [6.45, 7) is 4.12. The van der Waals surface area contributed by atoms with Gasteiger partial charge in [-0.25, -0.2) is 4.79 Å². The molecule has 34 heavy (non-hydrogen) atoms. The summed E-state index contributed by atoms with van der Waals surface area (Å²) in [5, 5.41) is 14.7. The van der Waals surface area contributed by atoms with Gasteiger partial charge in [0.1, 0.15) is 18.5 Å². The highest BCUT2D eigenvalue weighted by Gasteiger charge is 2.39. The highest BCUT2D eigenvalue weighted by molar-refractivity contribution is 6.02. The van der Waals surface area contributed by atoms with Crippen molar-refractivity contribution in [2.45, 2.75) is 51.4 Å². The zero-order chi connectivity index (χ0) is 24.4. The number of nitrogens with one attached hydrogen (secondary N) is 2. The van der Waals surface area contributed by atoms with E-state index in [0.29, 0.717) is 35.5 Å². The summed E-state index contributed by atoms with van der Waals surface area (Å²) in [4.78, 5) is 38.5. The second-order valence-corrected chi connectivity index (χ2v) is 8.93. The molecule has 0 aromatic heterocycles. The summed E-state index contributed by atoms with van der Waals surface area (Å²) < 4.78 is 11.9. The van der Waals surface area contributed by atoms with Gasteiger partial charge in [0.2, 0.25) is 0 Å². The first kappa shape index (κ1) is 23.6. The highest BCUT2D eigenvalue weighted by Crippen LogP contribution is 2.32. The Morgan fingerprint density at radius 3 is 2.47 bits per heavy atom. The molecule has 2 aromatic carbocycles. The first-order valence-electron chi connectivity index (χ1n) is 11.3. The number of rotatable bonds is 4. The van der Waals surface area contributed by atoms with Crippen LogP contribution in [0.3, 0.4) is 0 Å². The predicted molar refractivity (Wildman–Crippen MR) is 127 cm³/mol. The van der Waals surface area contributed by atoms with Crippen LogP contribution in [0.5, 0.6) is 5.75 Å². The minimum absolute atomic E-state index is 0.0727. The minimum Gasteiger partial charge on any atom is -0.490 e. The minimum atomic E-state index is -0.911. The van der Waals surface area contributed by atoms with Crippen LogP contribution in [-0.2, 0) is 9.53 Å². The van der Waals surface area contributed by atoms with Crippen molar-refractivity contribution in [3.05, 3.63) is 53.1 Å². The lowest BCUT2D eigenvalue weighted by Gasteiger charge is -2.42. The Labute approximate surface area is 198 Å². The molecule has 180 valence electrons. The van der Waals surface area contributed by atoms with E-state index in [2.05, 4.69) is 10.6 Å². The average molecular weight is 468 g/mol. The number of fused-ring (bicyclic) bond motifs is 2. The van der Waals surface area contributed by atoms with Gasteiger partial charge >= 0.3 is 12.0 Å². The molecule has 2 heterocycles. The topological polar surface area (TPSA) is 117 Å². The molecule has 0 radical (unpaired) electrons. The van der Waals surface area contributed by atoms with Crippen molar-refractivity contribution in [3.63, 3.8) is 0 Å². The van der Waals surface area contributed by atoms with E-state index in [-0.39, 0.29) is 25.0 Å². The number of urea groups is 1. The van der Waals surface area contributed by atoms with Crippen LogP contribution in [0.4, 0.5) is 16.2 Å². The molecule has 2 aliphatic rings. The molecule has 4 rings (SSSR count). The lowest BCUT2D eigenvalue weighted by Crippen LogP contribution is -2.53. The number of hydrogen-bond acceptors (Lipinski definition) is 5. The van der Waals surface area contributed by atoms with E-state index in [4.69, 9.17) is 14.6 Å². The van der Waals surface area contributed by atoms with Crippen molar-refractivity contribution in [3.8, 4) is 5.75 Å². The summed E-state index contributed by atoms with van der Waals surface area (Å²) in [6.07, 6.45) is 0.294. The lowest BCUT2D eigenvalue weighted by molar-refractivity contribution is -0.148. The summed E-state index contributed by atoms with van der Waals surface area (Å²) in [5.41, 5.74) is 3.58. The number of likely N-dealkylation sites (N-methyl/N-ethyl adjacent to an activating group) is 1. The molecule has 0 bridgehead atoms. The number of carboxylic acids is 1. The SMILES string of the molecule is Cc1cc(C)cc(NC(=O)Nc2ccc3c(c2)C(=O)N(C)[C@@H]2CC[C@H](CC(=O)O)O[C@H]2CO3)c1. The molecule has 3 amide bonds. The van der Waals surface area contributed by atoms with Crippen LogP contribution in [0.1, 0.15) is 40.7 Å². The number of amides is 3. The van der Waals surface area contributed by atoms with Crippen molar-refractivity contribution >= 4 is 29.3 Å². The number of carbonyl (C=O) groups is 3. The number of anilines is 2. The summed E-state index contributed by atoms with van der Waals surface area (Å²) >= 11 is 0. The average Bonchev–Trinajstić information content (AvgIpc) is 2.75. The van der Waals surface area contributed by atoms with E-state index in [1.165, 1.54) is 0 Å². The van der Waals surface area contributed by atoms with Crippen LogP contribution in [0.2, 0.25) is 0 Å². The van der Waals surface area contributed by atoms with Crippen molar-refractivity contribution in [1.82, 2.24) is 4.90 Å². The molecule has 2 aliphatic heterocycles. The van der Waals surface area contributed by atoms with Crippen LogP contribution >= 0.6 is 0 Å². The molecular formula is C25H29N3O6. The number of nitrogens with zero attached hydrogens (tertiary/aromatic N) is 1. The van der Waals surface area contributed by atoms with Crippen LogP contribution in [0, 0.1) is 13.8 Å². The van der Waals surface area contributed by atoms with Crippen LogP contribution < -0.4 is 15.4 Å². The van der Waals surface area contributed by atoms with Crippen molar-refractivity contribution in [2.75, 3.05) is 24.3 Å². The van der Waals surface area contributed by atoms with Gasteiger partial charge in [-0.2, -0.15) is 0 Å². The van der Waals surface area contributed by atoms with Crippen LogP contribution in [0.15, 0.2) is 36.4 Å².